The van der Waals surface area contributed by atoms with Crippen LogP contribution in [0.1, 0.15) is 11.1 Å². The Bertz CT molecular complexity index is 978. The van der Waals surface area contributed by atoms with Crippen LogP contribution in [0.3, 0.4) is 0 Å². The summed E-state index contributed by atoms with van der Waals surface area (Å²) in [6, 6.07) is 11.2. The summed E-state index contributed by atoms with van der Waals surface area (Å²) in [5.41, 5.74) is 0.978. The van der Waals surface area contributed by atoms with Gasteiger partial charge in [0.05, 0.1) is 6.20 Å². The lowest BCUT2D eigenvalue weighted by Crippen LogP contribution is -2.23. The number of nitrogens with zero attached hydrogens (tertiary/aromatic N) is 2. The molecule has 0 radical (unpaired) electrons. The summed E-state index contributed by atoms with van der Waals surface area (Å²) in [5.74, 6) is -1.32. The van der Waals surface area contributed by atoms with Gasteiger partial charge in [0.15, 0.2) is 11.6 Å². The number of ether oxygens (including phenoxy) is 1. The predicted octanol–water partition coefficient (Wildman–Crippen LogP) is 3.92. The fraction of sp³-hybridized carbons (Fsp3) is 0.0952. The number of halogens is 2. The highest BCUT2D eigenvalue weighted by Crippen LogP contribution is 2.19. The van der Waals surface area contributed by atoms with Crippen molar-refractivity contribution >= 4 is 12.0 Å². The van der Waals surface area contributed by atoms with Gasteiger partial charge in [0, 0.05) is 30.6 Å². The molecule has 0 aliphatic rings. The summed E-state index contributed by atoms with van der Waals surface area (Å²) >= 11 is 0. The van der Waals surface area contributed by atoms with Crippen LogP contribution in [-0.4, -0.2) is 22.4 Å². The molecule has 1 aromatic heterocycles. The summed E-state index contributed by atoms with van der Waals surface area (Å²) in [5, 5.41) is 2.70. The molecule has 0 aliphatic carbocycles. The lowest BCUT2D eigenvalue weighted by molar-refractivity contribution is -0.116. The zero-order chi connectivity index (χ0) is 19.8. The van der Waals surface area contributed by atoms with Gasteiger partial charge in [-0.1, -0.05) is 24.3 Å². The fourth-order valence-electron chi connectivity index (χ4n) is 2.43. The average Bonchev–Trinajstić information content (AvgIpc) is 2.70. The maximum absolute atomic E-state index is 13.5. The molecule has 7 heteroatoms. The van der Waals surface area contributed by atoms with Crippen molar-refractivity contribution in [1.29, 1.82) is 0 Å². The van der Waals surface area contributed by atoms with Crippen LogP contribution in [-0.2, 0) is 11.2 Å². The van der Waals surface area contributed by atoms with Crippen LogP contribution in [0.4, 0.5) is 8.78 Å². The topological polar surface area (TPSA) is 64.1 Å². The lowest BCUT2D eigenvalue weighted by atomic mass is 10.1. The number of amides is 1. The van der Waals surface area contributed by atoms with E-state index in [0.29, 0.717) is 24.6 Å². The van der Waals surface area contributed by atoms with Gasteiger partial charge in [-0.3, -0.25) is 9.78 Å². The van der Waals surface area contributed by atoms with Crippen LogP contribution < -0.4 is 10.1 Å². The number of rotatable bonds is 7. The monoisotopic (exact) mass is 381 g/mol. The average molecular weight is 381 g/mol. The third-order valence-electron chi connectivity index (χ3n) is 3.77. The molecule has 5 nitrogen and oxygen atoms in total. The van der Waals surface area contributed by atoms with Crippen LogP contribution in [0.2, 0.25) is 0 Å². The van der Waals surface area contributed by atoms with E-state index < -0.39 is 17.5 Å². The van der Waals surface area contributed by atoms with Crippen molar-refractivity contribution in [2.75, 3.05) is 6.54 Å². The zero-order valence-corrected chi connectivity index (χ0v) is 14.8. The Morgan fingerprint density at radius 2 is 2.00 bits per heavy atom. The number of hydrogen-bond donors (Lipinski definition) is 1. The van der Waals surface area contributed by atoms with Crippen LogP contribution in [0.15, 0.2) is 67.1 Å². The minimum atomic E-state index is -0.980. The first-order valence-electron chi connectivity index (χ1n) is 8.54. The van der Waals surface area contributed by atoms with Crippen molar-refractivity contribution in [3.05, 3.63) is 89.9 Å². The molecule has 1 N–H and O–H groups in total. The van der Waals surface area contributed by atoms with E-state index in [0.717, 1.165) is 11.6 Å². The second kappa shape index (κ2) is 9.36. The zero-order valence-electron chi connectivity index (χ0n) is 14.8. The molecule has 0 unspecified atom stereocenters. The summed E-state index contributed by atoms with van der Waals surface area (Å²) in [4.78, 5) is 19.8. The highest BCUT2D eigenvalue weighted by molar-refractivity contribution is 5.91. The van der Waals surface area contributed by atoms with Crippen LogP contribution >= 0.6 is 0 Å². The first kappa shape index (κ1) is 19.2. The largest absolute Gasteiger partial charge is 0.437 e. The minimum absolute atomic E-state index is 0.0176. The number of nitrogens with one attached hydrogen (secondary N) is 1. The summed E-state index contributed by atoms with van der Waals surface area (Å²) in [6.07, 6.45) is 7.60. The first-order chi connectivity index (χ1) is 13.6. The van der Waals surface area contributed by atoms with Crippen molar-refractivity contribution in [3.8, 4) is 11.6 Å². The van der Waals surface area contributed by atoms with Gasteiger partial charge in [0.1, 0.15) is 5.75 Å². The predicted molar refractivity (Wildman–Crippen MR) is 101 cm³/mol. The van der Waals surface area contributed by atoms with E-state index in [1.54, 1.807) is 12.3 Å². The number of carbonyl (C=O) groups excluding carboxylic acids is 1. The van der Waals surface area contributed by atoms with E-state index >= 15 is 0 Å². The SMILES string of the molecule is O=C(C=Cc1cccc(F)c1F)NCCc1cccc(Oc2cnccn2)c1. The second-order valence-electron chi connectivity index (χ2n) is 5.81. The minimum Gasteiger partial charge on any atom is -0.437 e. The molecule has 0 atom stereocenters. The molecule has 0 bridgehead atoms. The Morgan fingerprint density at radius 1 is 1.14 bits per heavy atom. The molecule has 1 heterocycles. The highest BCUT2D eigenvalue weighted by Gasteiger charge is 2.05. The fourth-order valence-corrected chi connectivity index (χ4v) is 2.43. The van der Waals surface area contributed by atoms with Gasteiger partial charge in [-0.05, 0) is 36.3 Å². The number of benzene rings is 2. The number of aromatic nitrogens is 2. The maximum atomic E-state index is 13.5. The maximum Gasteiger partial charge on any atom is 0.244 e. The molecule has 0 aliphatic heterocycles. The summed E-state index contributed by atoms with van der Waals surface area (Å²) in [6.45, 7) is 0.378. The Balaban J connectivity index is 1.50. The number of carbonyl (C=O) groups is 1. The van der Waals surface area contributed by atoms with Crippen LogP contribution in [0.5, 0.6) is 11.6 Å². The van der Waals surface area contributed by atoms with Gasteiger partial charge in [-0.15, -0.1) is 0 Å². The van der Waals surface area contributed by atoms with E-state index in [4.69, 9.17) is 4.74 Å². The number of hydrogen-bond acceptors (Lipinski definition) is 4. The molecule has 0 spiro atoms. The third-order valence-corrected chi connectivity index (χ3v) is 3.77. The first-order valence-corrected chi connectivity index (χ1v) is 8.54. The van der Waals surface area contributed by atoms with Crippen molar-refractivity contribution in [2.45, 2.75) is 6.42 Å². The van der Waals surface area contributed by atoms with Crippen molar-refractivity contribution < 1.29 is 18.3 Å². The Labute approximate surface area is 160 Å². The van der Waals surface area contributed by atoms with Gasteiger partial charge >= 0.3 is 0 Å². The van der Waals surface area contributed by atoms with Crippen molar-refractivity contribution in [2.24, 2.45) is 0 Å². The quantitative estimate of drug-likeness (QED) is 0.630. The molecule has 0 fully saturated rings. The Kier molecular flexibility index (Phi) is 6.41. The second-order valence-corrected chi connectivity index (χ2v) is 5.81. The molecule has 1 amide bonds. The molecule has 2 aromatic carbocycles. The smallest absolute Gasteiger partial charge is 0.244 e. The standard InChI is InChI=1S/C21H17F2N3O2/c22-18-6-2-4-16(21(18)23)7-8-19(27)25-10-9-15-3-1-5-17(13-15)28-20-14-24-11-12-26-20/h1-8,11-14H,9-10H2,(H,25,27). The van der Waals surface area contributed by atoms with E-state index in [1.165, 1.54) is 36.7 Å². The molecule has 0 saturated carbocycles. The van der Waals surface area contributed by atoms with Gasteiger partial charge in [0.2, 0.25) is 11.8 Å². The van der Waals surface area contributed by atoms with Crippen molar-refractivity contribution in [1.82, 2.24) is 15.3 Å². The van der Waals surface area contributed by atoms with E-state index in [9.17, 15) is 13.6 Å². The van der Waals surface area contributed by atoms with Gasteiger partial charge < -0.3 is 10.1 Å². The highest BCUT2D eigenvalue weighted by atomic mass is 19.2. The van der Waals surface area contributed by atoms with Crippen LogP contribution in [0, 0.1) is 11.6 Å². The van der Waals surface area contributed by atoms with E-state index in [-0.39, 0.29) is 5.56 Å². The van der Waals surface area contributed by atoms with E-state index in [1.807, 2.05) is 18.2 Å². The van der Waals surface area contributed by atoms with Gasteiger partial charge in [-0.2, -0.15) is 0 Å². The summed E-state index contributed by atoms with van der Waals surface area (Å²) in [7, 11) is 0. The molecule has 0 saturated heterocycles. The molecule has 28 heavy (non-hydrogen) atoms. The molecular weight excluding hydrogens is 364 g/mol. The van der Waals surface area contributed by atoms with Gasteiger partial charge in [-0.25, -0.2) is 13.8 Å². The third kappa shape index (κ3) is 5.44. The van der Waals surface area contributed by atoms with E-state index in [2.05, 4.69) is 15.3 Å². The molecule has 3 aromatic rings. The Hall–Kier alpha value is -3.61. The Morgan fingerprint density at radius 3 is 2.82 bits per heavy atom. The summed E-state index contributed by atoms with van der Waals surface area (Å²) < 4.78 is 32.3. The van der Waals surface area contributed by atoms with Crippen molar-refractivity contribution in [3.63, 3.8) is 0 Å². The molecule has 3 rings (SSSR count). The normalized spacial score (nSPS) is 10.8. The molecule has 142 valence electrons. The molecular formula is C21H17F2N3O2. The van der Waals surface area contributed by atoms with Crippen LogP contribution in [0.25, 0.3) is 6.08 Å². The van der Waals surface area contributed by atoms with Gasteiger partial charge in [0.25, 0.3) is 0 Å². The lowest BCUT2D eigenvalue weighted by Gasteiger charge is -2.07.